The molecular formula is C26H30BrFN2O3. The van der Waals surface area contributed by atoms with Gasteiger partial charge in [-0.05, 0) is 58.7 Å². The van der Waals surface area contributed by atoms with E-state index >= 15 is 4.39 Å². The Morgan fingerprint density at radius 3 is 2.45 bits per heavy atom. The fourth-order valence-electron chi connectivity index (χ4n) is 4.54. The molecule has 1 aliphatic carbocycles. The number of ether oxygens (including phenoxy) is 2. The predicted octanol–water partition coefficient (Wildman–Crippen LogP) is 5.64. The maximum Gasteiger partial charge on any atom is 0.415 e. The third-order valence-corrected chi connectivity index (χ3v) is 6.96. The standard InChI is InChI=1S/C26H30BrFN2O3/c1-26(2,3)23-19(22-18-7-6-17(32-4)15-16(18)5-9-20(22)27)8-10-21(24(23)28)33-25(31)30-13-11-29-12-14-30/h6-8,10,15,29H,5,9,11-14H2,1-4H3. The van der Waals surface area contributed by atoms with Crippen molar-refractivity contribution < 1.29 is 18.7 Å². The first-order chi connectivity index (χ1) is 15.7. The molecule has 176 valence electrons. The predicted molar refractivity (Wildman–Crippen MR) is 132 cm³/mol. The van der Waals surface area contributed by atoms with Gasteiger partial charge in [-0.2, -0.15) is 0 Å². The molecular weight excluding hydrogens is 487 g/mol. The quantitative estimate of drug-likeness (QED) is 0.573. The number of nitrogens with one attached hydrogen (secondary N) is 1. The monoisotopic (exact) mass is 516 g/mol. The van der Waals surface area contributed by atoms with Crippen LogP contribution in [0.1, 0.15) is 49.4 Å². The average Bonchev–Trinajstić information content (AvgIpc) is 2.79. The number of rotatable bonds is 3. The normalized spacial score (nSPS) is 16.5. The minimum absolute atomic E-state index is 0.0327. The summed E-state index contributed by atoms with van der Waals surface area (Å²) in [4.78, 5) is 14.2. The summed E-state index contributed by atoms with van der Waals surface area (Å²) in [6.45, 7) is 8.43. The van der Waals surface area contributed by atoms with Crippen molar-refractivity contribution in [2.75, 3.05) is 33.3 Å². The molecule has 1 aliphatic heterocycles. The van der Waals surface area contributed by atoms with Crippen LogP contribution in [0.3, 0.4) is 0 Å². The summed E-state index contributed by atoms with van der Waals surface area (Å²) in [5.74, 6) is 0.287. The summed E-state index contributed by atoms with van der Waals surface area (Å²) >= 11 is 3.76. The molecule has 0 unspecified atom stereocenters. The Kier molecular flexibility index (Phi) is 6.82. The van der Waals surface area contributed by atoms with Crippen molar-refractivity contribution in [1.29, 1.82) is 0 Å². The molecule has 0 radical (unpaired) electrons. The zero-order chi connectivity index (χ0) is 23.8. The molecule has 5 nitrogen and oxygen atoms in total. The van der Waals surface area contributed by atoms with Gasteiger partial charge in [-0.1, -0.05) is 48.8 Å². The third-order valence-electron chi connectivity index (χ3n) is 6.17. The molecule has 0 aromatic heterocycles. The Bertz CT molecular complexity index is 1100. The Balaban J connectivity index is 1.78. The molecule has 1 saturated heterocycles. The van der Waals surface area contributed by atoms with Crippen molar-refractivity contribution in [1.82, 2.24) is 10.2 Å². The summed E-state index contributed by atoms with van der Waals surface area (Å²) in [5, 5.41) is 3.20. The first-order valence-electron chi connectivity index (χ1n) is 11.3. The van der Waals surface area contributed by atoms with Crippen LogP contribution in [0.5, 0.6) is 11.5 Å². The molecule has 0 spiro atoms. The van der Waals surface area contributed by atoms with Crippen molar-refractivity contribution in [2.45, 2.75) is 39.0 Å². The van der Waals surface area contributed by atoms with Gasteiger partial charge < -0.3 is 19.7 Å². The summed E-state index contributed by atoms with van der Waals surface area (Å²) in [7, 11) is 1.66. The summed E-state index contributed by atoms with van der Waals surface area (Å²) in [6.07, 6.45) is 1.18. The van der Waals surface area contributed by atoms with Gasteiger partial charge in [0, 0.05) is 36.2 Å². The van der Waals surface area contributed by atoms with Crippen molar-refractivity contribution >= 4 is 27.6 Å². The van der Waals surface area contributed by atoms with E-state index in [0.29, 0.717) is 31.7 Å². The second kappa shape index (κ2) is 9.47. The molecule has 2 aliphatic rings. The number of amides is 1. The number of fused-ring (bicyclic) bond motifs is 1. The topological polar surface area (TPSA) is 50.8 Å². The van der Waals surface area contributed by atoms with Crippen LogP contribution in [0.25, 0.3) is 5.57 Å². The molecule has 4 rings (SSSR count). The number of nitrogens with zero attached hydrogens (tertiary/aromatic N) is 1. The van der Waals surface area contributed by atoms with Gasteiger partial charge in [-0.25, -0.2) is 9.18 Å². The number of methoxy groups -OCH3 is 1. The summed E-state index contributed by atoms with van der Waals surface area (Å²) in [6, 6.07) is 9.46. The maximum absolute atomic E-state index is 16.0. The highest BCUT2D eigenvalue weighted by Crippen LogP contribution is 2.45. The van der Waals surface area contributed by atoms with E-state index in [0.717, 1.165) is 39.8 Å². The molecule has 2 aromatic carbocycles. The molecule has 0 atom stereocenters. The highest BCUT2D eigenvalue weighted by Gasteiger charge is 2.31. The average molecular weight is 517 g/mol. The summed E-state index contributed by atoms with van der Waals surface area (Å²) in [5.41, 5.74) is 4.03. The largest absolute Gasteiger partial charge is 0.497 e. The number of allylic oxidation sites excluding steroid dienone is 1. The van der Waals surface area contributed by atoms with Crippen LogP contribution in [0.4, 0.5) is 9.18 Å². The third kappa shape index (κ3) is 4.80. The molecule has 1 heterocycles. The molecule has 0 saturated carbocycles. The minimum Gasteiger partial charge on any atom is -0.497 e. The van der Waals surface area contributed by atoms with Gasteiger partial charge in [-0.15, -0.1) is 0 Å². The second-order valence-electron chi connectivity index (χ2n) is 9.46. The summed E-state index contributed by atoms with van der Waals surface area (Å²) < 4.78 is 27.9. The van der Waals surface area contributed by atoms with Gasteiger partial charge in [0.2, 0.25) is 0 Å². The molecule has 1 N–H and O–H groups in total. The van der Waals surface area contributed by atoms with E-state index in [1.165, 1.54) is 5.56 Å². The van der Waals surface area contributed by atoms with Gasteiger partial charge in [-0.3, -0.25) is 0 Å². The van der Waals surface area contributed by atoms with Gasteiger partial charge >= 0.3 is 6.09 Å². The molecule has 33 heavy (non-hydrogen) atoms. The van der Waals surface area contributed by atoms with Crippen molar-refractivity contribution in [3.63, 3.8) is 0 Å². The highest BCUT2D eigenvalue weighted by molar-refractivity contribution is 9.11. The van der Waals surface area contributed by atoms with Crippen LogP contribution < -0.4 is 14.8 Å². The molecule has 2 aromatic rings. The van der Waals surface area contributed by atoms with E-state index in [2.05, 4.69) is 21.2 Å². The van der Waals surface area contributed by atoms with Gasteiger partial charge in [0.05, 0.1) is 7.11 Å². The fraction of sp³-hybridized carbons (Fsp3) is 0.423. The van der Waals surface area contributed by atoms with Crippen LogP contribution in [-0.2, 0) is 11.8 Å². The first kappa shape index (κ1) is 23.8. The van der Waals surface area contributed by atoms with Crippen LogP contribution in [0.2, 0.25) is 0 Å². The Labute approximate surface area is 203 Å². The zero-order valence-corrected chi connectivity index (χ0v) is 21.1. The smallest absolute Gasteiger partial charge is 0.415 e. The van der Waals surface area contributed by atoms with Gasteiger partial charge in [0.25, 0.3) is 0 Å². The molecule has 0 bridgehead atoms. The molecule has 1 amide bonds. The van der Waals surface area contributed by atoms with Crippen LogP contribution in [-0.4, -0.2) is 44.3 Å². The lowest BCUT2D eigenvalue weighted by Crippen LogP contribution is -2.47. The number of piperazine rings is 1. The van der Waals surface area contributed by atoms with Crippen molar-refractivity contribution in [3.8, 4) is 11.5 Å². The number of halogens is 2. The lowest BCUT2D eigenvalue weighted by atomic mass is 9.77. The van der Waals surface area contributed by atoms with Gasteiger partial charge in [0.15, 0.2) is 11.6 Å². The number of hydrogen-bond donors (Lipinski definition) is 1. The number of carbonyl (C=O) groups excluding carboxylic acids is 1. The SMILES string of the molecule is COc1ccc2c(c1)CCC(Br)=C2c1ccc(OC(=O)N2CCNCC2)c(F)c1C(C)(C)C. The lowest BCUT2D eigenvalue weighted by molar-refractivity contribution is 0.144. The zero-order valence-electron chi connectivity index (χ0n) is 19.6. The van der Waals surface area contributed by atoms with E-state index in [-0.39, 0.29) is 5.75 Å². The highest BCUT2D eigenvalue weighted by atomic mass is 79.9. The Hall–Kier alpha value is -2.38. The Morgan fingerprint density at radius 1 is 1.09 bits per heavy atom. The molecule has 1 fully saturated rings. The van der Waals surface area contributed by atoms with Crippen molar-refractivity contribution in [3.05, 3.63) is 62.9 Å². The van der Waals surface area contributed by atoms with E-state index in [9.17, 15) is 4.79 Å². The van der Waals surface area contributed by atoms with Crippen LogP contribution in [0.15, 0.2) is 34.8 Å². The molecule has 7 heteroatoms. The van der Waals surface area contributed by atoms with Crippen molar-refractivity contribution in [2.24, 2.45) is 0 Å². The van der Waals surface area contributed by atoms with E-state index in [1.54, 1.807) is 18.1 Å². The maximum atomic E-state index is 16.0. The fourth-order valence-corrected chi connectivity index (χ4v) is 5.16. The number of aryl methyl sites for hydroxylation is 1. The number of carbonyl (C=O) groups is 1. The van der Waals surface area contributed by atoms with Gasteiger partial charge in [0.1, 0.15) is 5.75 Å². The lowest BCUT2D eigenvalue weighted by Gasteiger charge is -2.30. The minimum atomic E-state index is -0.515. The Morgan fingerprint density at radius 2 is 1.79 bits per heavy atom. The second-order valence-corrected chi connectivity index (χ2v) is 10.4. The van der Waals surface area contributed by atoms with E-state index in [1.807, 2.05) is 45.0 Å². The number of benzene rings is 2. The van der Waals surface area contributed by atoms with E-state index in [4.69, 9.17) is 9.47 Å². The number of hydrogen-bond acceptors (Lipinski definition) is 4. The van der Waals surface area contributed by atoms with Crippen LogP contribution >= 0.6 is 15.9 Å². The first-order valence-corrected chi connectivity index (χ1v) is 12.1. The van der Waals surface area contributed by atoms with Crippen LogP contribution in [0, 0.1) is 5.82 Å². The van der Waals surface area contributed by atoms with E-state index < -0.39 is 17.3 Å².